The molecule has 2 heterocycles. The third kappa shape index (κ3) is 2.73. The summed E-state index contributed by atoms with van der Waals surface area (Å²) in [5, 5.41) is 0. The van der Waals surface area contributed by atoms with Crippen LogP contribution in [0, 0.1) is 0 Å². The van der Waals surface area contributed by atoms with E-state index in [1.54, 1.807) is 12.1 Å². The minimum atomic E-state index is -0.730. The molecule has 0 saturated carbocycles. The summed E-state index contributed by atoms with van der Waals surface area (Å²) < 4.78 is 15.5. The van der Waals surface area contributed by atoms with Crippen molar-refractivity contribution in [3.63, 3.8) is 0 Å². The van der Waals surface area contributed by atoms with Crippen LogP contribution in [0.25, 0.3) is 0 Å². The lowest BCUT2D eigenvalue weighted by molar-refractivity contribution is -0.158. The molecule has 0 radical (unpaired) electrons. The Morgan fingerprint density at radius 3 is 2.89 bits per heavy atom. The first-order valence-corrected chi connectivity index (χ1v) is 6.15. The Labute approximate surface area is 112 Å². The van der Waals surface area contributed by atoms with E-state index >= 15 is 0 Å². The first-order chi connectivity index (χ1) is 8.61. The number of morpholine rings is 1. The SMILES string of the molecule is COC(=O)C1CN(C(=O)c2ccc(Br)o2)CCO1. The molecule has 1 atom stereocenters. The zero-order chi connectivity index (χ0) is 13.1. The van der Waals surface area contributed by atoms with Crippen molar-refractivity contribution in [2.45, 2.75) is 6.10 Å². The van der Waals surface area contributed by atoms with E-state index in [1.807, 2.05) is 0 Å². The lowest BCUT2D eigenvalue weighted by Gasteiger charge is -2.30. The Kier molecular flexibility index (Phi) is 4.03. The minimum Gasteiger partial charge on any atom is -0.467 e. The highest BCUT2D eigenvalue weighted by Gasteiger charge is 2.31. The summed E-state index contributed by atoms with van der Waals surface area (Å²) in [6.45, 7) is 0.891. The first-order valence-electron chi connectivity index (χ1n) is 5.36. The molecule has 6 nitrogen and oxygen atoms in total. The monoisotopic (exact) mass is 317 g/mol. The Morgan fingerprint density at radius 1 is 1.50 bits per heavy atom. The van der Waals surface area contributed by atoms with Gasteiger partial charge in [0, 0.05) is 6.54 Å². The van der Waals surface area contributed by atoms with Crippen molar-refractivity contribution in [3.05, 3.63) is 22.6 Å². The molecule has 0 bridgehead atoms. The highest BCUT2D eigenvalue weighted by atomic mass is 79.9. The molecule has 2 rings (SSSR count). The number of esters is 1. The number of nitrogens with zero attached hydrogens (tertiary/aromatic N) is 1. The smallest absolute Gasteiger partial charge is 0.336 e. The standard InChI is InChI=1S/C11H12BrNO5/c1-16-11(15)8-6-13(4-5-17-8)10(14)7-2-3-9(12)18-7/h2-3,8H,4-6H2,1H3. The largest absolute Gasteiger partial charge is 0.467 e. The summed E-state index contributed by atoms with van der Waals surface area (Å²) in [7, 11) is 1.29. The zero-order valence-electron chi connectivity index (χ0n) is 9.72. The quantitative estimate of drug-likeness (QED) is 0.763. The van der Waals surface area contributed by atoms with Crippen molar-refractivity contribution in [1.82, 2.24) is 4.90 Å². The second kappa shape index (κ2) is 5.53. The normalized spacial score (nSPS) is 19.7. The van der Waals surface area contributed by atoms with Crippen LogP contribution in [0.3, 0.4) is 0 Å². The van der Waals surface area contributed by atoms with Crippen molar-refractivity contribution in [2.75, 3.05) is 26.8 Å². The Morgan fingerprint density at radius 2 is 2.28 bits per heavy atom. The molecule has 98 valence electrons. The highest BCUT2D eigenvalue weighted by Crippen LogP contribution is 2.17. The predicted molar refractivity (Wildman–Crippen MR) is 64.1 cm³/mol. The maximum Gasteiger partial charge on any atom is 0.336 e. The summed E-state index contributed by atoms with van der Waals surface area (Å²) in [5.41, 5.74) is 0. The van der Waals surface area contributed by atoms with Gasteiger partial charge in [-0.15, -0.1) is 0 Å². The van der Waals surface area contributed by atoms with Gasteiger partial charge in [0.25, 0.3) is 5.91 Å². The molecule has 7 heteroatoms. The molecule has 1 amide bonds. The first kappa shape index (κ1) is 13.1. The topological polar surface area (TPSA) is 69.0 Å². The predicted octanol–water partition coefficient (Wildman–Crippen LogP) is 1.06. The van der Waals surface area contributed by atoms with Crippen LogP contribution < -0.4 is 0 Å². The zero-order valence-corrected chi connectivity index (χ0v) is 11.3. The van der Waals surface area contributed by atoms with Gasteiger partial charge in [0.15, 0.2) is 16.5 Å². The number of hydrogen-bond acceptors (Lipinski definition) is 5. The number of halogens is 1. The molecule has 1 aliphatic heterocycles. The van der Waals surface area contributed by atoms with Gasteiger partial charge in [0.05, 0.1) is 20.3 Å². The van der Waals surface area contributed by atoms with Crippen molar-refractivity contribution in [3.8, 4) is 0 Å². The molecule has 1 fully saturated rings. The van der Waals surface area contributed by atoms with Gasteiger partial charge < -0.3 is 18.8 Å². The number of furan rings is 1. The van der Waals surface area contributed by atoms with Gasteiger partial charge in [0.1, 0.15) is 0 Å². The third-order valence-electron chi connectivity index (χ3n) is 2.60. The van der Waals surface area contributed by atoms with E-state index in [9.17, 15) is 9.59 Å². The van der Waals surface area contributed by atoms with Crippen LogP contribution in [0.1, 0.15) is 10.6 Å². The van der Waals surface area contributed by atoms with E-state index in [-0.39, 0.29) is 18.2 Å². The summed E-state index contributed by atoms with van der Waals surface area (Å²) in [4.78, 5) is 24.9. The van der Waals surface area contributed by atoms with E-state index in [4.69, 9.17) is 9.15 Å². The van der Waals surface area contributed by atoms with E-state index in [0.29, 0.717) is 17.8 Å². The van der Waals surface area contributed by atoms with Crippen LogP contribution >= 0.6 is 15.9 Å². The molecule has 18 heavy (non-hydrogen) atoms. The van der Waals surface area contributed by atoms with Gasteiger partial charge in [-0.3, -0.25) is 4.79 Å². The second-order valence-corrected chi connectivity index (χ2v) is 4.52. The molecular weight excluding hydrogens is 306 g/mol. The van der Waals surface area contributed by atoms with Crippen molar-refractivity contribution >= 4 is 27.8 Å². The molecule has 0 aliphatic carbocycles. The van der Waals surface area contributed by atoms with Crippen LogP contribution in [0.4, 0.5) is 0 Å². The van der Waals surface area contributed by atoms with Crippen LogP contribution in [0.5, 0.6) is 0 Å². The summed E-state index contributed by atoms with van der Waals surface area (Å²) in [6, 6.07) is 3.22. The summed E-state index contributed by atoms with van der Waals surface area (Å²) >= 11 is 3.13. The summed E-state index contributed by atoms with van der Waals surface area (Å²) in [5.74, 6) is -0.515. The molecule has 1 aromatic rings. The molecule has 0 N–H and O–H groups in total. The van der Waals surface area contributed by atoms with Gasteiger partial charge in [-0.1, -0.05) is 0 Å². The molecule has 1 aromatic heterocycles. The van der Waals surface area contributed by atoms with Gasteiger partial charge in [-0.05, 0) is 28.1 Å². The Balaban J connectivity index is 2.05. The van der Waals surface area contributed by atoms with E-state index in [2.05, 4.69) is 20.7 Å². The van der Waals surface area contributed by atoms with E-state index < -0.39 is 12.1 Å². The fourth-order valence-electron chi connectivity index (χ4n) is 1.69. The number of rotatable bonds is 2. The second-order valence-electron chi connectivity index (χ2n) is 3.74. The molecule has 1 saturated heterocycles. The molecular formula is C11H12BrNO5. The van der Waals surface area contributed by atoms with Gasteiger partial charge in [-0.2, -0.15) is 0 Å². The maximum atomic E-state index is 12.1. The van der Waals surface area contributed by atoms with Crippen molar-refractivity contribution in [1.29, 1.82) is 0 Å². The third-order valence-corrected chi connectivity index (χ3v) is 3.03. The van der Waals surface area contributed by atoms with Crippen LogP contribution in [-0.4, -0.2) is 49.7 Å². The van der Waals surface area contributed by atoms with Crippen LogP contribution in [0.2, 0.25) is 0 Å². The minimum absolute atomic E-state index is 0.170. The molecule has 0 spiro atoms. The van der Waals surface area contributed by atoms with Gasteiger partial charge in [0.2, 0.25) is 0 Å². The number of hydrogen-bond donors (Lipinski definition) is 0. The fraction of sp³-hybridized carbons (Fsp3) is 0.455. The van der Waals surface area contributed by atoms with Gasteiger partial charge >= 0.3 is 5.97 Å². The Hall–Kier alpha value is -1.34. The average molecular weight is 318 g/mol. The lowest BCUT2D eigenvalue weighted by Crippen LogP contribution is -2.48. The molecule has 0 aromatic carbocycles. The number of methoxy groups -OCH3 is 1. The van der Waals surface area contributed by atoms with Gasteiger partial charge in [-0.25, -0.2) is 4.79 Å². The molecule has 1 aliphatic rings. The fourth-order valence-corrected chi connectivity index (χ4v) is 2.00. The molecule has 1 unspecified atom stereocenters. The van der Waals surface area contributed by atoms with E-state index in [1.165, 1.54) is 12.0 Å². The maximum absolute atomic E-state index is 12.1. The number of amides is 1. The van der Waals surface area contributed by atoms with Crippen molar-refractivity contribution < 1.29 is 23.5 Å². The lowest BCUT2D eigenvalue weighted by atomic mass is 10.2. The van der Waals surface area contributed by atoms with Crippen LogP contribution in [0.15, 0.2) is 21.2 Å². The number of carbonyl (C=O) groups excluding carboxylic acids is 2. The van der Waals surface area contributed by atoms with E-state index in [0.717, 1.165) is 0 Å². The van der Waals surface area contributed by atoms with Crippen molar-refractivity contribution in [2.24, 2.45) is 0 Å². The number of ether oxygens (including phenoxy) is 2. The van der Waals surface area contributed by atoms with Crippen LogP contribution in [-0.2, 0) is 14.3 Å². The highest BCUT2D eigenvalue weighted by molar-refractivity contribution is 9.10. The Bertz CT molecular complexity index is 458. The number of carbonyl (C=O) groups is 2. The summed E-state index contributed by atoms with van der Waals surface area (Å²) in [6.07, 6.45) is -0.730. The average Bonchev–Trinajstić information content (AvgIpc) is 2.83.